The molecule has 4 aromatic rings. The van der Waals surface area contributed by atoms with Crippen LogP contribution in [0.2, 0.25) is 0 Å². The number of nitrogens with one attached hydrogen (secondary N) is 2. The van der Waals surface area contributed by atoms with Gasteiger partial charge in [0.1, 0.15) is 5.69 Å². The number of thiazole rings is 2. The molecule has 0 saturated heterocycles. The number of amides is 2. The minimum absolute atomic E-state index is 0.0751. The van der Waals surface area contributed by atoms with Crippen LogP contribution >= 0.6 is 22.7 Å². The van der Waals surface area contributed by atoms with Crippen LogP contribution in [0.4, 0.5) is 5.13 Å². The van der Waals surface area contributed by atoms with Gasteiger partial charge in [0.25, 0.3) is 5.91 Å². The summed E-state index contributed by atoms with van der Waals surface area (Å²) in [6.45, 7) is 0. The van der Waals surface area contributed by atoms with Crippen molar-refractivity contribution in [2.24, 2.45) is 5.73 Å². The van der Waals surface area contributed by atoms with Gasteiger partial charge in [0.05, 0.1) is 20.9 Å². The number of aromatic amines is 1. The third kappa shape index (κ3) is 4.10. The van der Waals surface area contributed by atoms with Gasteiger partial charge in [-0.15, -0.1) is 22.7 Å². The maximum atomic E-state index is 12.2. The van der Waals surface area contributed by atoms with Crippen molar-refractivity contribution in [1.82, 2.24) is 15.0 Å². The van der Waals surface area contributed by atoms with Crippen molar-refractivity contribution in [3.05, 3.63) is 52.6 Å². The summed E-state index contributed by atoms with van der Waals surface area (Å²) >= 11 is 3.01. The van der Waals surface area contributed by atoms with Gasteiger partial charge in [-0.1, -0.05) is 12.1 Å². The largest absolute Gasteiger partial charge is 0.364 e. The fraction of sp³-hybridized carbons (Fsp3) is 0.158. The van der Waals surface area contributed by atoms with Crippen molar-refractivity contribution in [2.75, 3.05) is 5.32 Å². The quantitative estimate of drug-likeness (QED) is 0.429. The van der Waals surface area contributed by atoms with E-state index in [1.165, 1.54) is 16.0 Å². The maximum Gasteiger partial charge on any atom is 0.265 e. The van der Waals surface area contributed by atoms with Crippen LogP contribution in [-0.4, -0.2) is 26.8 Å². The predicted octanol–water partition coefficient (Wildman–Crippen LogP) is 3.81. The number of aromatic nitrogens is 3. The Labute approximate surface area is 168 Å². The lowest BCUT2D eigenvalue weighted by molar-refractivity contribution is -0.116. The number of carbonyl (C=O) groups is 2. The molecule has 2 amide bonds. The van der Waals surface area contributed by atoms with Gasteiger partial charge < -0.3 is 16.0 Å². The van der Waals surface area contributed by atoms with Crippen LogP contribution < -0.4 is 11.1 Å². The lowest BCUT2D eigenvalue weighted by atomic mass is 10.2. The summed E-state index contributed by atoms with van der Waals surface area (Å²) in [6, 6.07) is 9.67. The minimum atomic E-state index is -0.525. The molecule has 3 aromatic heterocycles. The first-order valence-electron chi connectivity index (χ1n) is 8.67. The van der Waals surface area contributed by atoms with Gasteiger partial charge in [-0.05, 0) is 31.0 Å². The second-order valence-electron chi connectivity index (χ2n) is 6.18. The molecule has 142 valence electrons. The molecule has 0 aliphatic rings. The first-order valence-corrected chi connectivity index (χ1v) is 10.4. The third-order valence-corrected chi connectivity index (χ3v) is 5.98. The summed E-state index contributed by atoms with van der Waals surface area (Å²) < 4.78 is 1.17. The van der Waals surface area contributed by atoms with E-state index in [4.69, 9.17) is 5.73 Å². The van der Waals surface area contributed by atoms with E-state index in [9.17, 15) is 9.59 Å². The molecule has 28 heavy (non-hydrogen) atoms. The molecule has 0 radical (unpaired) electrons. The Bertz CT molecular complexity index is 1110. The highest BCUT2D eigenvalue weighted by Gasteiger charge is 2.11. The number of aryl methyl sites for hydroxylation is 1. The van der Waals surface area contributed by atoms with E-state index in [-0.39, 0.29) is 5.91 Å². The van der Waals surface area contributed by atoms with E-state index >= 15 is 0 Å². The molecule has 0 atom stereocenters. The number of anilines is 1. The monoisotopic (exact) mass is 411 g/mol. The van der Waals surface area contributed by atoms with Crippen LogP contribution in [0, 0.1) is 0 Å². The van der Waals surface area contributed by atoms with Gasteiger partial charge in [-0.3, -0.25) is 9.59 Å². The second-order valence-corrected chi connectivity index (χ2v) is 8.15. The van der Waals surface area contributed by atoms with Crippen LogP contribution in [0.5, 0.6) is 0 Å². The van der Waals surface area contributed by atoms with Crippen molar-refractivity contribution in [3.8, 4) is 11.3 Å². The number of nitrogens with zero attached hydrogens (tertiary/aromatic N) is 2. The Balaban J connectivity index is 1.30. The molecule has 4 N–H and O–H groups in total. The second kappa shape index (κ2) is 7.91. The number of hydrogen-bond donors (Lipinski definition) is 3. The molecular formula is C19H17N5O2S2. The summed E-state index contributed by atoms with van der Waals surface area (Å²) in [4.78, 5) is 35.1. The highest BCUT2D eigenvalue weighted by atomic mass is 32.1. The van der Waals surface area contributed by atoms with Gasteiger partial charge in [-0.25, -0.2) is 9.97 Å². The van der Waals surface area contributed by atoms with E-state index in [0.29, 0.717) is 22.9 Å². The topological polar surface area (TPSA) is 114 Å². The first kappa shape index (κ1) is 18.3. The van der Waals surface area contributed by atoms with E-state index < -0.39 is 5.91 Å². The summed E-state index contributed by atoms with van der Waals surface area (Å²) in [5, 5.41) is 6.22. The van der Waals surface area contributed by atoms with Crippen LogP contribution in [0.1, 0.15) is 28.3 Å². The lowest BCUT2D eigenvalue weighted by Crippen LogP contribution is -2.11. The average Bonchev–Trinajstić information content (AvgIpc) is 3.40. The highest BCUT2D eigenvalue weighted by Crippen LogP contribution is 2.26. The molecule has 1 aromatic carbocycles. The smallest absolute Gasteiger partial charge is 0.265 e. The van der Waals surface area contributed by atoms with E-state index in [2.05, 4.69) is 26.3 Å². The maximum absolute atomic E-state index is 12.2. The average molecular weight is 412 g/mol. The number of benzene rings is 1. The molecule has 0 bridgehead atoms. The molecule has 0 aliphatic carbocycles. The van der Waals surface area contributed by atoms with Crippen molar-refractivity contribution < 1.29 is 9.59 Å². The fourth-order valence-electron chi connectivity index (χ4n) is 2.76. The zero-order valence-electron chi connectivity index (χ0n) is 14.8. The molecule has 3 heterocycles. The number of fused-ring (bicyclic) bond motifs is 1. The summed E-state index contributed by atoms with van der Waals surface area (Å²) in [5.41, 5.74) is 8.00. The molecular weight excluding hydrogens is 394 g/mol. The summed E-state index contributed by atoms with van der Waals surface area (Å²) in [5.74, 6) is -0.600. The Morgan fingerprint density at radius 1 is 1.21 bits per heavy atom. The number of primary amides is 1. The summed E-state index contributed by atoms with van der Waals surface area (Å²) in [7, 11) is 0. The number of carbonyl (C=O) groups excluding carboxylic acids is 2. The number of para-hydroxylation sites is 1. The van der Waals surface area contributed by atoms with E-state index in [1.807, 2.05) is 23.6 Å². The Morgan fingerprint density at radius 3 is 2.86 bits per heavy atom. The fourth-order valence-corrected chi connectivity index (χ4v) is 4.50. The normalized spacial score (nSPS) is 11.0. The van der Waals surface area contributed by atoms with Crippen LogP contribution in [-0.2, 0) is 11.2 Å². The van der Waals surface area contributed by atoms with Crippen LogP contribution in [0.3, 0.4) is 0 Å². The SMILES string of the molecule is NC(=O)c1cc(-c2csc(NC(=O)CCCc3nc4ccccc4s3)n2)c[nH]1. The van der Waals surface area contributed by atoms with Gasteiger partial charge in [0, 0.05) is 23.6 Å². The Morgan fingerprint density at radius 2 is 2.07 bits per heavy atom. The van der Waals surface area contributed by atoms with Crippen LogP contribution in [0.25, 0.3) is 21.5 Å². The summed E-state index contributed by atoms with van der Waals surface area (Å²) in [6.07, 6.45) is 3.57. The molecule has 0 fully saturated rings. The van der Waals surface area contributed by atoms with Gasteiger partial charge in [-0.2, -0.15) is 0 Å². The third-order valence-electron chi connectivity index (χ3n) is 4.13. The van der Waals surface area contributed by atoms with E-state index in [0.717, 1.165) is 28.9 Å². The van der Waals surface area contributed by atoms with Crippen molar-refractivity contribution in [1.29, 1.82) is 0 Å². The van der Waals surface area contributed by atoms with Gasteiger partial charge in [0.2, 0.25) is 5.91 Å². The van der Waals surface area contributed by atoms with E-state index in [1.54, 1.807) is 23.6 Å². The zero-order chi connectivity index (χ0) is 19.5. The molecule has 0 aliphatic heterocycles. The van der Waals surface area contributed by atoms with Crippen molar-refractivity contribution >= 4 is 49.8 Å². The number of H-pyrrole nitrogens is 1. The van der Waals surface area contributed by atoms with Gasteiger partial charge in [0.15, 0.2) is 5.13 Å². The molecule has 7 nitrogen and oxygen atoms in total. The Kier molecular flexibility index (Phi) is 5.18. The molecule has 4 rings (SSSR count). The highest BCUT2D eigenvalue weighted by molar-refractivity contribution is 7.18. The van der Waals surface area contributed by atoms with Crippen molar-refractivity contribution in [2.45, 2.75) is 19.3 Å². The lowest BCUT2D eigenvalue weighted by Gasteiger charge is -2.00. The minimum Gasteiger partial charge on any atom is -0.364 e. The molecule has 0 spiro atoms. The number of hydrogen-bond acceptors (Lipinski definition) is 6. The zero-order valence-corrected chi connectivity index (χ0v) is 16.4. The van der Waals surface area contributed by atoms with Crippen LogP contribution in [0.15, 0.2) is 41.9 Å². The Hall–Kier alpha value is -3.04. The predicted molar refractivity (Wildman–Crippen MR) is 112 cm³/mol. The molecule has 9 heteroatoms. The molecule has 0 unspecified atom stereocenters. The first-order chi connectivity index (χ1) is 13.6. The number of nitrogens with two attached hydrogens (primary N) is 1. The standard InChI is InChI=1S/C19H17N5O2S2/c20-18(26)13-8-11(9-21-13)14-10-27-19(23-14)24-16(25)6-3-7-17-22-12-4-1-2-5-15(12)28-17/h1-2,4-5,8-10,21H,3,6-7H2,(H2,20,26)(H,23,24,25). The molecule has 0 saturated carbocycles. The van der Waals surface area contributed by atoms with Gasteiger partial charge >= 0.3 is 0 Å². The number of rotatable bonds is 7. The van der Waals surface area contributed by atoms with Crippen molar-refractivity contribution in [3.63, 3.8) is 0 Å².